The van der Waals surface area contributed by atoms with Crippen molar-refractivity contribution in [3.8, 4) is 0 Å². The van der Waals surface area contributed by atoms with Gasteiger partial charge in [-0.05, 0) is 0 Å². The summed E-state index contributed by atoms with van der Waals surface area (Å²) in [5, 5.41) is 2.46. The third-order valence-electron chi connectivity index (χ3n) is 0.840. The molecule has 1 unspecified atom stereocenters. The van der Waals surface area contributed by atoms with Gasteiger partial charge in [0, 0.05) is 12.3 Å². The highest BCUT2D eigenvalue weighted by Gasteiger charge is 2.20. The van der Waals surface area contributed by atoms with E-state index in [9.17, 15) is 4.39 Å². The lowest BCUT2D eigenvalue weighted by molar-refractivity contribution is 0.250. The summed E-state index contributed by atoms with van der Waals surface area (Å²) >= 11 is 0. The van der Waals surface area contributed by atoms with Gasteiger partial charge in [-0.1, -0.05) is 0 Å². The van der Waals surface area contributed by atoms with Crippen LogP contribution in [-0.2, 0) is 0 Å². The summed E-state index contributed by atoms with van der Waals surface area (Å²) in [5.41, 5.74) is 9.99. The summed E-state index contributed by atoms with van der Waals surface area (Å²) in [7, 11) is 0. The minimum atomic E-state index is -2.13. The number of hydrogen-bond donors (Lipinski definition) is 3. The van der Waals surface area contributed by atoms with E-state index in [4.69, 9.17) is 11.5 Å². The van der Waals surface area contributed by atoms with Crippen molar-refractivity contribution in [2.75, 3.05) is 0 Å². The van der Waals surface area contributed by atoms with Crippen LogP contribution in [0.2, 0.25) is 0 Å². The molecular formula is C4H7FN4. The first-order valence-corrected chi connectivity index (χ1v) is 2.37. The zero-order valence-corrected chi connectivity index (χ0v) is 4.63. The highest BCUT2D eigenvalue weighted by molar-refractivity contribution is 5.80. The van der Waals surface area contributed by atoms with E-state index in [0.29, 0.717) is 0 Å². The van der Waals surface area contributed by atoms with Crippen molar-refractivity contribution in [1.82, 2.24) is 5.32 Å². The van der Waals surface area contributed by atoms with Crippen LogP contribution >= 0.6 is 0 Å². The third kappa shape index (κ3) is 1.39. The van der Waals surface area contributed by atoms with Crippen LogP contribution in [0, 0.1) is 0 Å². The third-order valence-corrected chi connectivity index (χ3v) is 0.840. The van der Waals surface area contributed by atoms with Crippen molar-refractivity contribution < 1.29 is 4.39 Å². The topological polar surface area (TPSA) is 76.4 Å². The predicted octanol–water partition coefficient (Wildman–Crippen LogP) is -1.00. The molecule has 50 valence electrons. The monoisotopic (exact) mass is 130 g/mol. The summed E-state index contributed by atoms with van der Waals surface area (Å²) < 4.78 is 12.5. The van der Waals surface area contributed by atoms with E-state index in [1.54, 1.807) is 0 Å². The summed E-state index contributed by atoms with van der Waals surface area (Å²) in [6, 6.07) is 0. The molecule has 1 atom stereocenters. The van der Waals surface area contributed by atoms with E-state index in [2.05, 4.69) is 10.3 Å². The Bertz CT molecular complexity index is 171. The maximum Gasteiger partial charge on any atom is 0.276 e. The average molecular weight is 130 g/mol. The Balaban J connectivity index is 2.78. The molecule has 0 aliphatic carbocycles. The first-order chi connectivity index (χ1) is 4.10. The molecule has 0 amide bonds. The van der Waals surface area contributed by atoms with Gasteiger partial charge in [0.1, 0.15) is 0 Å². The maximum absolute atomic E-state index is 12.5. The Morgan fingerprint density at radius 2 is 2.44 bits per heavy atom. The highest BCUT2D eigenvalue weighted by Crippen LogP contribution is 2.07. The Labute approximate surface area is 51.4 Å². The molecule has 0 radical (unpaired) electrons. The highest BCUT2D eigenvalue weighted by atomic mass is 19.1. The van der Waals surface area contributed by atoms with E-state index < -0.39 is 5.92 Å². The van der Waals surface area contributed by atoms with Crippen LogP contribution in [-0.4, -0.2) is 11.9 Å². The molecule has 0 bridgehead atoms. The van der Waals surface area contributed by atoms with Gasteiger partial charge >= 0.3 is 0 Å². The molecule has 5 heteroatoms. The Kier molecular flexibility index (Phi) is 1.14. The smallest absolute Gasteiger partial charge is 0.276 e. The standard InChI is InChI=1S/C4H7FN4/c5-4(7)1-2-8-3(6)9-4/h1-2H,7H2,(H3,6,8,9). The molecule has 9 heavy (non-hydrogen) atoms. The number of nitrogens with one attached hydrogen (secondary N) is 1. The molecule has 0 saturated heterocycles. The van der Waals surface area contributed by atoms with E-state index in [1.807, 2.05) is 0 Å². The van der Waals surface area contributed by atoms with Crippen molar-refractivity contribution in [3.05, 3.63) is 12.3 Å². The van der Waals surface area contributed by atoms with Crippen molar-refractivity contribution in [2.45, 2.75) is 5.92 Å². The molecule has 4 nitrogen and oxygen atoms in total. The minimum absolute atomic E-state index is 0.0116. The molecule has 0 spiro atoms. The molecule has 1 rings (SSSR count). The van der Waals surface area contributed by atoms with E-state index in [-0.39, 0.29) is 5.96 Å². The van der Waals surface area contributed by atoms with Gasteiger partial charge in [-0.25, -0.2) is 0 Å². The van der Waals surface area contributed by atoms with Gasteiger partial charge in [0.15, 0.2) is 5.96 Å². The molecule has 1 aliphatic rings. The van der Waals surface area contributed by atoms with Crippen LogP contribution in [0.4, 0.5) is 4.39 Å². The lowest BCUT2D eigenvalue weighted by atomic mass is 10.4. The summed E-state index contributed by atoms with van der Waals surface area (Å²) in [4.78, 5) is 3.22. The van der Waals surface area contributed by atoms with Gasteiger partial charge < -0.3 is 11.1 Å². The van der Waals surface area contributed by atoms with Crippen LogP contribution in [0.15, 0.2) is 17.3 Å². The van der Waals surface area contributed by atoms with Crippen LogP contribution in [0.5, 0.6) is 0 Å². The fraction of sp³-hybridized carbons (Fsp3) is 0.250. The van der Waals surface area contributed by atoms with Crippen molar-refractivity contribution in [3.63, 3.8) is 0 Å². The second kappa shape index (κ2) is 1.70. The molecule has 1 heterocycles. The number of guanidine groups is 1. The van der Waals surface area contributed by atoms with Gasteiger partial charge in [0.2, 0.25) is 0 Å². The van der Waals surface area contributed by atoms with E-state index in [1.165, 1.54) is 6.20 Å². The molecule has 0 aromatic carbocycles. The minimum Gasteiger partial charge on any atom is -0.370 e. The van der Waals surface area contributed by atoms with E-state index >= 15 is 0 Å². The molecule has 0 saturated carbocycles. The van der Waals surface area contributed by atoms with Gasteiger partial charge in [0.05, 0.1) is 0 Å². The fourth-order valence-corrected chi connectivity index (χ4v) is 0.498. The molecule has 0 aromatic heterocycles. The van der Waals surface area contributed by atoms with Crippen molar-refractivity contribution >= 4 is 5.96 Å². The number of nitrogens with two attached hydrogens (primary N) is 2. The summed E-state index contributed by atoms with van der Waals surface area (Å²) in [5.74, 6) is -2.14. The quantitative estimate of drug-likeness (QED) is 0.368. The number of alkyl halides is 1. The van der Waals surface area contributed by atoms with Crippen LogP contribution in [0.1, 0.15) is 0 Å². The number of hydrogen-bond acceptors (Lipinski definition) is 4. The normalized spacial score (nSPS) is 33.3. The average Bonchev–Trinajstić information content (AvgIpc) is 1.60. The number of nitrogens with zero attached hydrogens (tertiary/aromatic N) is 1. The zero-order chi connectivity index (χ0) is 6.91. The van der Waals surface area contributed by atoms with Crippen molar-refractivity contribution in [1.29, 1.82) is 0 Å². The molecule has 0 fully saturated rings. The lowest BCUT2D eigenvalue weighted by Gasteiger charge is -2.15. The molecular weight excluding hydrogens is 123 g/mol. The first kappa shape index (κ1) is 6.03. The van der Waals surface area contributed by atoms with Crippen LogP contribution in [0.25, 0.3) is 0 Å². The Hall–Kier alpha value is -1.10. The maximum atomic E-state index is 12.5. The molecule has 1 aliphatic heterocycles. The second-order valence-corrected chi connectivity index (χ2v) is 1.70. The fourth-order valence-electron chi connectivity index (χ4n) is 0.498. The molecule has 0 aromatic rings. The van der Waals surface area contributed by atoms with Gasteiger partial charge in [-0.3, -0.25) is 5.73 Å². The number of aliphatic imine (C=N–C) groups is 1. The number of rotatable bonds is 0. The van der Waals surface area contributed by atoms with Gasteiger partial charge in [-0.2, -0.15) is 9.38 Å². The van der Waals surface area contributed by atoms with Crippen LogP contribution < -0.4 is 16.8 Å². The predicted molar refractivity (Wildman–Crippen MR) is 31.9 cm³/mol. The van der Waals surface area contributed by atoms with Crippen molar-refractivity contribution in [2.24, 2.45) is 16.5 Å². The van der Waals surface area contributed by atoms with Crippen LogP contribution in [0.3, 0.4) is 0 Å². The Morgan fingerprint density at radius 1 is 1.78 bits per heavy atom. The molecule has 5 N–H and O–H groups in total. The SMILES string of the molecule is NC1=NC(N)(F)C=CN1. The number of halogens is 1. The second-order valence-electron chi connectivity index (χ2n) is 1.70. The van der Waals surface area contributed by atoms with Gasteiger partial charge in [-0.15, -0.1) is 0 Å². The zero-order valence-electron chi connectivity index (χ0n) is 4.63. The largest absolute Gasteiger partial charge is 0.370 e. The summed E-state index contributed by atoms with van der Waals surface area (Å²) in [6.45, 7) is 0. The summed E-state index contributed by atoms with van der Waals surface area (Å²) in [6.07, 6.45) is 2.38. The lowest BCUT2D eigenvalue weighted by Crippen LogP contribution is -2.41. The first-order valence-electron chi connectivity index (χ1n) is 2.37. The van der Waals surface area contributed by atoms with E-state index in [0.717, 1.165) is 6.08 Å². The Morgan fingerprint density at radius 3 is 2.78 bits per heavy atom. The van der Waals surface area contributed by atoms with Gasteiger partial charge in [0.25, 0.3) is 5.92 Å².